The van der Waals surface area contributed by atoms with Crippen LogP contribution in [0.5, 0.6) is 5.75 Å². The first-order valence-electron chi connectivity index (χ1n) is 5.25. The van der Waals surface area contributed by atoms with Crippen molar-refractivity contribution in [3.63, 3.8) is 0 Å². The Morgan fingerprint density at radius 3 is 2.73 bits per heavy atom. The van der Waals surface area contributed by atoms with Crippen LogP contribution < -0.4 is 4.74 Å². The van der Waals surface area contributed by atoms with Gasteiger partial charge in [0.05, 0.1) is 7.11 Å². The van der Waals surface area contributed by atoms with Gasteiger partial charge in [-0.15, -0.1) is 0 Å². The molecule has 0 heterocycles. The summed E-state index contributed by atoms with van der Waals surface area (Å²) in [5.74, 6) is 1.52. The predicted octanol–water partition coefficient (Wildman–Crippen LogP) is 3.17. The van der Waals surface area contributed by atoms with Crippen molar-refractivity contribution in [2.24, 2.45) is 5.92 Å². The maximum absolute atomic E-state index is 5.13. The molecule has 0 saturated carbocycles. The normalized spacial score (nSPS) is 19.1. The smallest absolute Gasteiger partial charge is 0.118 e. The van der Waals surface area contributed by atoms with Gasteiger partial charge in [-0.3, -0.25) is 0 Å². The van der Waals surface area contributed by atoms with Gasteiger partial charge in [0.1, 0.15) is 5.75 Å². The molecule has 1 nitrogen and oxygen atoms in total. The van der Waals surface area contributed by atoms with Crippen molar-refractivity contribution in [2.45, 2.75) is 12.8 Å². The molecular weight excluding hydrogens is 184 g/mol. The monoisotopic (exact) mass is 199 g/mol. The van der Waals surface area contributed by atoms with Crippen molar-refractivity contribution in [2.75, 3.05) is 7.11 Å². The maximum Gasteiger partial charge on any atom is 0.118 e. The number of hydrogen-bond donors (Lipinski definition) is 0. The minimum Gasteiger partial charge on any atom is -0.497 e. The van der Waals surface area contributed by atoms with E-state index in [-0.39, 0.29) is 0 Å². The SMILES string of the molecule is COc1ccc(CC2C=CC=[C]C2)cc1. The summed E-state index contributed by atoms with van der Waals surface area (Å²) in [5.41, 5.74) is 1.36. The van der Waals surface area contributed by atoms with Crippen LogP contribution in [0, 0.1) is 12.0 Å². The van der Waals surface area contributed by atoms with Gasteiger partial charge in [-0.05, 0) is 42.5 Å². The van der Waals surface area contributed by atoms with Gasteiger partial charge < -0.3 is 4.74 Å². The Morgan fingerprint density at radius 2 is 2.13 bits per heavy atom. The highest BCUT2D eigenvalue weighted by Gasteiger charge is 2.06. The maximum atomic E-state index is 5.13. The molecule has 1 radical (unpaired) electrons. The molecule has 0 bridgehead atoms. The molecule has 15 heavy (non-hydrogen) atoms. The van der Waals surface area contributed by atoms with Crippen LogP contribution in [0.25, 0.3) is 0 Å². The van der Waals surface area contributed by atoms with E-state index in [9.17, 15) is 0 Å². The fourth-order valence-electron chi connectivity index (χ4n) is 1.77. The Bertz CT molecular complexity index is 359. The van der Waals surface area contributed by atoms with Gasteiger partial charge in [-0.2, -0.15) is 0 Å². The van der Waals surface area contributed by atoms with Crippen molar-refractivity contribution < 1.29 is 4.74 Å². The highest BCUT2D eigenvalue weighted by atomic mass is 16.5. The van der Waals surface area contributed by atoms with Crippen LogP contribution in [0.15, 0.2) is 42.5 Å². The van der Waals surface area contributed by atoms with Gasteiger partial charge in [0, 0.05) is 0 Å². The van der Waals surface area contributed by atoms with Crippen molar-refractivity contribution in [3.8, 4) is 5.75 Å². The average molecular weight is 199 g/mol. The molecule has 1 unspecified atom stereocenters. The van der Waals surface area contributed by atoms with E-state index in [1.54, 1.807) is 7.11 Å². The third-order valence-electron chi connectivity index (χ3n) is 2.63. The molecule has 0 aromatic heterocycles. The summed E-state index contributed by atoms with van der Waals surface area (Å²) >= 11 is 0. The van der Waals surface area contributed by atoms with Crippen LogP contribution >= 0.6 is 0 Å². The summed E-state index contributed by atoms with van der Waals surface area (Å²) in [4.78, 5) is 0. The molecule has 1 aromatic carbocycles. The molecule has 77 valence electrons. The number of methoxy groups -OCH3 is 1. The lowest BCUT2D eigenvalue weighted by Crippen LogP contribution is -2.02. The quantitative estimate of drug-likeness (QED) is 0.726. The molecule has 0 saturated heterocycles. The molecule has 1 atom stereocenters. The van der Waals surface area contributed by atoms with Gasteiger partial charge >= 0.3 is 0 Å². The van der Waals surface area contributed by atoms with E-state index in [0.717, 1.165) is 18.6 Å². The Balaban J connectivity index is 1.98. The largest absolute Gasteiger partial charge is 0.497 e. The summed E-state index contributed by atoms with van der Waals surface area (Å²) < 4.78 is 5.13. The Labute approximate surface area is 91.1 Å². The van der Waals surface area contributed by atoms with Crippen molar-refractivity contribution >= 4 is 0 Å². The summed E-state index contributed by atoms with van der Waals surface area (Å²) in [6, 6.07) is 8.29. The van der Waals surface area contributed by atoms with Crippen LogP contribution in [0.1, 0.15) is 12.0 Å². The van der Waals surface area contributed by atoms with Gasteiger partial charge in [0.2, 0.25) is 0 Å². The molecule has 1 aromatic rings. The number of rotatable bonds is 3. The molecule has 0 amide bonds. The standard InChI is InChI=1S/C14H15O/c1-15-14-9-7-13(8-10-14)11-12-5-3-2-4-6-12/h2-3,5,7-10,12H,6,11H2,1H3. The third-order valence-corrected chi connectivity index (χ3v) is 2.63. The van der Waals surface area contributed by atoms with Crippen LogP contribution in [-0.4, -0.2) is 7.11 Å². The number of hydrogen-bond acceptors (Lipinski definition) is 1. The molecule has 1 aliphatic rings. The molecule has 1 heteroatoms. The highest BCUT2D eigenvalue weighted by molar-refractivity contribution is 5.28. The van der Waals surface area contributed by atoms with Crippen molar-refractivity contribution in [3.05, 3.63) is 54.1 Å². The minimum atomic E-state index is 0.600. The molecule has 1 aliphatic carbocycles. The molecule has 0 spiro atoms. The zero-order valence-electron chi connectivity index (χ0n) is 8.94. The van der Waals surface area contributed by atoms with Crippen molar-refractivity contribution in [1.29, 1.82) is 0 Å². The zero-order chi connectivity index (χ0) is 10.5. The van der Waals surface area contributed by atoms with E-state index in [1.165, 1.54) is 5.56 Å². The van der Waals surface area contributed by atoms with Gasteiger partial charge in [-0.1, -0.05) is 30.4 Å². The van der Waals surface area contributed by atoms with Gasteiger partial charge in [0.25, 0.3) is 0 Å². The zero-order valence-corrected chi connectivity index (χ0v) is 8.94. The lowest BCUT2D eigenvalue weighted by Gasteiger charge is -2.12. The Kier molecular flexibility index (Phi) is 3.23. The highest BCUT2D eigenvalue weighted by Crippen LogP contribution is 2.19. The number of allylic oxidation sites excluding steroid dienone is 4. The van der Waals surface area contributed by atoms with E-state index in [4.69, 9.17) is 4.74 Å². The van der Waals surface area contributed by atoms with E-state index in [1.807, 2.05) is 18.2 Å². The summed E-state index contributed by atoms with van der Waals surface area (Å²) in [5, 5.41) is 0. The van der Waals surface area contributed by atoms with E-state index in [0.29, 0.717) is 5.92 Å². The van der Waals surface area contributed by atoms with Crippen LogP contribution in [0.4, 0.5) is 0 Å². The summed E-state index contributed by atoms with van der Waals surface area (Å²) in [7, 11) is 1.69. The molecule has 2 rings (SSSR count). The number of benzene rings is 1. The Hall–Kier alpha value is -1.50. The lowest BCUT2D eigenvalue weighted by atomic mass is 9.93. The van der Waals surface area contributed by atoms with Gasteiger partial charge in [-0.25, -0.2) is 0 Å². The van der Waals surface area contributed by atoms with Crippen LogP contribution in [0.3, 0.4) is 0 Å². The molecule has 0 N–H and O–H groups in total. The first kappa shape index (κ1) is 10.0. The third kappa shape index (κ3) is 2.72. The second-order valence-electron chi connectivity index (χ2n) is 3.77. The first-order chi connectivity index (χ1) is 7.38. The fourth-order valence-corrected chi connectivity index (χ4v) is 1.77. The second-order valence-corrected chi connectivity index (χ2v) is 3.77. The fraction of sp³-hybridized carbons (Fsp3) is 0.286. The number of ether oxygens (including phenoxy) is 1. The first-order valence-corrected chi connectivity index (χ1v) is 5.25. The predicted molar refractivity (Wildman–Crippen MR) is 61.8 cm³/mol. The Morgan fingerprint density at radius 1 is 1.33 bits per heavy atom. The summed E-state index contributed by atoms with van der Waals surface area (Å²) in [6.45, 7) is 0. The minimum absolute atomic E-state index is 0.600. The second kappa shape index (κ2) is 4.83. The van der Waals surface area contributed by atoms with E-state index >= 15 is 0 Å². The van der Waals surface area contributed by atoms with E-state index in [2.05, 4.69) is 30.4 Å². The molecular formula is C14H15O. The van der Waals surface area contributed by atoms with Gasteiger partial charge in [0.15, 0.2) is 0 Å². The van der Waals surface area contributed by atoms with Crippen LogP contribution in [0.2, 0.25) is 0 Å². The average Bonchev–Trinajstić information content (AvgIpc) is 2.31. The van der Waals surface area contributed by atoms with Crippen LogP contribution in [-0.2, 0) is 6.42 Å². The topological polar surface area (TPSA) is 9.23 Å². The van der Waals surface area contributed by atoms with E-state index < -0.39 is 0 Å². The molecule has 0 fully saturated rings. The summed E-state index contributed by atoms with van der Waals surface area (Å²) in [6.07, 6.45) is 11.7. The van der Waals surface area contributed by atoms with Crippen molar-refractivity contribution in [1.82, 2.24) is 0 Å². The lowest BCUT2D eigenvalue weighted by molar-refractivity contribution is 0.414. The molecule has 0 aliphatic heterocycles.